The van der Waals surface area contributed by atoms with Gasteiger partial charge in [0, 0.05) is 12.2 Å². The molecule has 0 saturated heterocycles. The van der Waals surface area contributed by atoms with E-state index < -0.39 is 6.10 Å². The van der Waals surface area contributed by atoms with E-state index in [2.05, 4.69) is 17.4 Å². The van der Waals surface area contributed by atoms with Gasteiger partial charge in [-0.25, -0.2) is 0 Å². The van der Waals surface area contributed by atoms with E-state index in [0.717, 1.165) is 12.8 Å². The topological polar surface area (TPSA) is 71.8 Å². The summed E-state index contributed by atoms with van der Waals surface area (Å²) in [5.74, 6) is 0.429. The third kappa shape index (κ3) is 4.16. The number of nitrogens with zero attached hydrogens (tertiary/aromatic N) is 1. The van der Waals surface area contributed by atoms with Crippen molar-refractivity contribution in [1.82, 2.24) is 0 Å². The molecule has 3 aromatic rings. The number of carbonyl (C=O) groups is 2. The van der Waals surface area contributed by atoms with Gasteiger partial charge in [0.25, 0.3) is 11.8 Å². The highest BCUT2D eigenvalue weighted by molar-refractivity contribution is 6.04. The summed E-state index contributed by atoms with van der Waals surface area (Å²) in [6, 6.07) is 18.7. The Labute approximate surface area is 169 Å². The number of nitrogens with one attached hydrogen (secondary N) is 1. The summed E-state index contributed by atoms with van der Waals surface area (Å²) in [6.07, 6.45) is 2.61. The molecule has 29 heavy (non-hydrogen) atoms. The number of carbonyl (C=O) groups excluding carboxylic acids is 2. The van der Waals surface area contributed by atoms with Gasteiger partial charge in [-0.3, -0.25) is 9.59 Å². The SMILES string of the molecule is CC1Oc2ccc(NC(=O)c3ccco3)cc2N(CCCc2ccccc2)C1=O. The first-order chi connectivity index (χ1) is 14.1. The molecular weight excluding hydrogens is 368 g/mol. The Morgan fingerprint density at radius 1 is 1.10 bits per heavy atom. The van der Waals surface area contributed by atoms with Gasteiger partial charge in [0.1, 0.15) is 5.75 Å². The first-order valence-electron chi connectivity index (χ1n) is 9.62. The molecular formula is C23H22N2O4. The number of fused-ring (bicyclic) bond motifs is 1. The van der Waals surface area contributed by atoms with E-state index in [9.17, 15) is 9.59 Å². The van der Waals surface area contributed by atoms with Crippen LogP contribution in [0.2, 0.25) is 0 Å². The van der Waals surface area contributed by atoms with Crippen LogP contribution in [-0.2, 0) is 11.2 Å². The number of anilines is 2. The van der Waals surface area contributed by atoms with E-state index in [0.29, 0.717) is 23.7 Å². The number of furan rings is 1. The van der Waals surface area contributed by atoms with Crippen LogP contribution in [-0.4, -0.2) is 24.5 Å². The van der Waals surface area contributed by atoms with Crippen molar-refractivity contribution in [3.05, 3.63) is 78.3 Å². The number of hydrogen-bond acceptors (Lipinski definition) is 4. The standard InChI is InChI=1S/C23H22N2O4/c1-16-23(27)25(13-5-9-17-7-3-2-4-8-17)19-15-18(11-12-20(19)29-16)24-22(26)21-10-6-14-28-21/h2-4,6-8,10-12,14-16H,5,9,13H2,1H3,(H,24,26). The van der Waals surface area contributed by atoms with Crippen LogP contribution in [0.1, 0.15) is 29.5 Å². The first kappa shape index (κ1) is 18.8. The van der Waals surface area contributed by atoms with Crippen molar-refractivity contribution >= 4 is 23.2 Å². The van der Waals surface area contributed by atoms with Crippen molar-refractivity contribution in [2.24, 2.45) is 0 Å². The van der Waals surface area contributed by atoms with Gasteiger partial charge in [-0.05, 0) is 55.7 Å². The minimum Gasteiger partial charge on any atom is -0.479 e. The first-order valence-corrected chi connectivity index (χ1v) is 9.62. The second-order valence-electron chi connectivity index (χ2n) is 6.95. The molecule has 0 saturated carbocycles. The van der Waals surface area contributed by atoms with Crippen molar-refractivity contribution in [2.45, 2.75) is 25.9 Å². The fourth-order valence-electron chi connectivity index (χ4n) is 3.40. The van der Waals surface area contributed by atoms with E-state index in [-0.39, 0.29) is 17.6 Å². The molecule has 0 bridgehead atoms. The van der Waals surface area contributed by atoms with E-state index in [1.54, 1.807) is 42.2 Å². The number of hydrogen-bond donors (Lipinski definition) is 1. The summed E-state index contributed by atoms with van der Waals surface area (Å²) in [5, 5.41) is 2.80. The molecule has 1 unspecified atom stereocenters. The average molecular weight is 390 g/mol. The summed E-state index contributed by atoms with van der Waals surface area (Å²) in [6.45, 7) is 2.33. The van der Waals surface area contributed by atoms with Crippen molar-refractivity contribution in [2.75, 3.05) is 16.8 Å². The zero-order chi connectivity index (χ0) is 20.2. The Balaban J connectivity index is 1.51. The molecule has 148 valence electrons. The van der Waals surface area contributed by atoms with Gasteiger partial charge >= 0.3 is 0 Å². The number of rotatable bonds is 6. The van der Waals surface area contributed by atoms with Crippen LogP contribution in [0.15, 0.2) is 71.3 Å². The van der Waals surface area contributed by atoms with E-state index >= 15 is 0 Å². The van der Waals surface area contributed by atoms with Crippen LogP contribution in [0, 0.1) is 0 Å². The maximum absolute atomic E-state index is 12.7. The maximum Gasteiger partial charge on any atom is 0.291 e. The van der Waals surface area contributed by atoms with Crippen molar-refractivity contribution < 1.29 is 18.7 Å². The van der Waals surface area contributed by atoms with Crippen LogP contribution in [0.4, 0.5) is 11.4 Å². The number of amides is 2. The van der Waals surface area contributed by atoms with Crippen LogP contribution in [0.25, 0.3) is 0 Å². The summed E-state index contributed by atoms with van der Waals surface area (Å²) >= 11 is 0. The summed E-state index contributed by atoms with van der Waals surface area (Å²) < 4.78 is 10.9. The summed E-state index contributed by atoms with van der Waals surface area (Å²) in [5.41, 5.74) is 2.48. The van der Waals surface area contributed by atoms with Crippen molar-refractivity contribution in [3.63, 3.8) is 0 Å². The second kappa shape index (κ2) is 8.22. The van der Waals surface area contributed by atoms with Gasteiger partial charge < -0.3 is 19.4 Å². The van der Waals surface area contributed by atoms with Crippen LogP contribution in [0.5, 0.6) is 5.75 Å². The highest BCUT2D eigenvalue weighted by Crippen LogP contribution is 2.36. The second-order valence-corrected chi connectivity index (χ2v) is 6.95. The van der Waals surface area contributed by atoms with E-state index in [4.69, 9.17) is 9.15 Å². The lowest BCUT2D eigenvalue weighted by molar-refractivity contribution is -0.125. The van der Waals surface area contributed by atoms with Gasteiger partial charge in [0.15, 0.2) is 11.9 Å². The molecule has 6 nitrogen and oxygen atoms in total. The van der Waals surface area contributed by atoms with Crippen LogP contribution < -0.4 is 15.0 Å². The van der Waals surface area contributed by atoms with Crippen molar-refractivity contribution in [3.8, 4) is 5.75 Å². The maximum atomic E-state index is 12.7. The smallest absolute Gasteiger partial charge is 0.291 e. The van der Waals surface area contributed by atoms with E-state index in [1.165, 1.54) is 11.8 Å². The quantitative estimate of drug-likeness (QED) is 0.682. The molecule has 1 N–H and O–H groups in total. The van der Waals surface area contributed by atoms with E-state index in [1.807, 2.05) is 18.2 Å². The average Bonchev–Trinajstić information content (AvgIpc) is 3.27. The third-order valence-electron chi connectivity index (χ3n) is 4.86. The van der Waals surface area contributed by atoms with Gasteiger partial charge in [0.05, 0.1) is 12.0 Å². The highest BCUT2D eigenvalue weighted by Gasteiger charge is 2.31. The van der Waals surface area contributed by atoms with Crippen molar-refractivity contribution in [1.29, 1.82) is 0 Å². The molecule has 1 atom stereocenters. The zero-order valence-corrected chi connectivity index (χ0v) is 16.1. The predicted molar refractivity (Wildman–Crippen MR) is 110 cm³/mol. The molecule has 2 amide bonds. The zero-order valence-electron chi connectivity index (χ0n) is 16.1. The molecule has 6 heteroatoms. The minimum atomic E-state index is -0.539. The van der Waals surface area contributed by atoms with Gasteiger partial charge in [-0.2, -0.15) is 0 Å². The Hall–Kier alpha value is -3.54. The Bertz CT molecular complexity index is 999. The highest BCUT2D eigenvalue weighted by atomic mass is 16.5. The molecule has 0 radical (unpaired) electrons. The molecule has 0 aliphatic carbocycles. The number of benzene rings is 2. The summed E-state index contributed by atoms with van der Waals surface area (Å²) in [7, 11) is 0. The molecule has 1 aliphatic rings. The molecule has 1 aromatic heterocycles. The normalized spacial score (nSPS) is 15.6. The molecule has 2 aromatic carbocycles. The summed E-state index contributed by atoms with van der Waals surface area (Å²) in [4.78, 5) is 26.7. The lowest BCUT2D eigenvalue weighted by Gasteiger charge is -2.33. The third-order valence-corrected chi connectivity index (χ3v) is 4.86. The van der Waals surface area contributed by atoms with Crippen LogP contribution >= 0.6 is 0 Å². The number of ether oxygens (including phenoxy) is 1. The Morgan fingerprint density at radius 2 is 1.93 bits per heavy atom. The molecule has 1 aliphatic heterocycles. The largest absolute Gasteiger partial charge is 0.479 e. The lowest BCUT2D eigenvalue weighted by atomic mass is 10.1. The number of aryl methyl sites for hydroxylation is 1. The van der Waals surface area contributed by atoms with Gasteiger partial charge in [-0.1, -0.05) is 30.3 Å². The molecule has 2 heterocycles. The van der Waals surface area contributed by atoms with Gasteiger partial charge in [-0.15, -0.1) is 0 Å². The molecule has 0 fully saturated rings. The Kier molecular flexibility index (Phi) is 5.33. The minimum absolute atomic E-state index is 0.0833. The Morgan fingerprint density at radius 3 is 2.69 bits per heavy atom. The van der Waals surface area contributed by atoms with Gasteiger partial charge in [0.2, 0.25) is 0 Å². The fourth-order valence-corrected chi connectivity index (χ4v) is 3.40. The molecule has 0 spiro atoms. The monoisotopic (exact) mass is 390 g/mol. The predicted octanol–water partition coefficient (Wildman–Crippen LogP) is 4.28. The fraction of sp³-hybridized carbons (Fsp3) is 0.217. The lowest BCUT2D eigenvalue weighted by Crippen LogP contribution is -2.45. The molecule has 4 rings (SSSR count). The van der Waals surface area contributed by atoms with Crippen LogP contribution in [0.3, 0.4) is 0 Å².